The molecule has 24 nitrogen and oxygen atoms in total. The number of fused-ring (bicyclic) bond motifs is 1. The molecule has 0 aliphatic carbocycles. The Bertz CT molecular complexity index is 1980. The van der Waals surface area contributed by atoms with E-state index in [0.29, 0.717) is 5.75 Å². The van der Waals surface area contributed by atoms with Crippen molar-refractivity contribution >= 4 is 69.1 Å². The largest absolute Gasteiger partial charge is 0.481 e. The predicted octanol–water partition coefficient (Wildman–Crippen LogP) is 2.14. The van der Waals surface area contributed by atoms with Gasteiger partial charge in [-0.1, -0.05) is 69.7 Å². The van der Waals surface area contributed by atoms with Gasteiger partial charge in [0, 0.05) is 37.1 Å². The molecular formula is C33H54N7O17P3S. The highest BCUT2D eigenvalue weighted by atomic mass is 32.2. The average Bonchev–Trinajstić information content (AvgIpc) is 3.73. The van der Waals surface area contributed by atoms with Crippen molar-refractivity contribution in [3.05, 3.63) is 37.0 Å². The molecule has 61 heavy (non-hydrogen) atoms. The molecular weight excluding hydrogens is 891 g/mol. The molecule has 0 aromatic carbocycles. The summed E-state index contributed by atoms with van der Waals surface area (Å²) in [7, 11) is -16.4. The van der Waals surface area contributed by atoms with E-state index in [1.54, 1.807) is 6.08 Å². The summed E-state index contributed by atoms with van der Waals surface area (Å²) in [5.41, 5.74) is 4.27. The quantitative estimate of drug-likeness (QED) is 0.0352. The molecule has 3 unspecified atom stereocenters. The number of hydrogen-bond acceptors (Lipinski definition) is 18. The zero-order valence-corrected chi connectivity index (χ0v) is 37.1. The number of phosphoric ester groups is 3. The molecule has 2 aromatic heterocycles. The van der Waals surface area contributed by atoms with E-state index in [1.165, 1.54) is 26.7 Å². The number of carbonyl (C=O) groups is 3. The molecule has 0 bridgehead atoms. The molecule has 0 spiro atoms. The molecule has 344 valence electrons. The molecule has 1 aliphatic rings. The number of amides is 2. The number of phosphoric acid groups is 3. The number of ether oxygens (including phenoxy) is 1. The summed E-state index contributed by atoms with van der Waals surface area (Å²) in [4.78, 5) is 87.9. The fourth-order valence-corrected chi connectivity index (χ4v) is 8.91. The maximum absolute atomic E-state index is 12.7. The minimum Gasteiger partial charge on any atom is -0.386 e. The van der Waals surface area contributed by atoms with Crippen LogP contribution in [-0.4, -0.2) is 123 Å². The van der Waals surface area contributed by atoms with Gasteiger partial charge in [0.1, 0.15) is 36.3 Å². The van der Waals surface area contributed by atoms with Gasteiger partial charge < -0.3 is 50.9 Å². The van der Waals surface area contributed by atoms with E-state index in [1.807, 2.05) is 6.08 Å². The molecule has 0 saturated carbocycles. The standard InChI is InChI=1S/C33H54N7O17P3S/c1-4-5-6-7-8-9-10-11-12-13-24(42)61-17-16-35-23(41)14-15-36-31(45)28(44)33(2,3)19-54-60(51,52)57-59(49,50)53-18-22-27(56-58(46,47)48)26(43)32(55-22)40-21-39-25-29(34)37-20-38-30(25)40/h8-9,11-12,20-22,26-28,32,43-44H,4-7,10,13-19H2,1-3H3,(H,35,41)(H,36,45)(H,49,50)(H,51,52)(H2,34,37,38)(H2,46,47,48)/t22-,26-,27-,28?,32-/m1/s1. The number of aliphatic hydroxyl groups is 2. The maximum atomic E-state index is 12.7. The number of aliphatic hydroxyl groups excluding tert-OH is 2. The number of unbranched alkanes of at least 4 members (excludes halogenated alkanes) is 3. The van der Waals surface area contributed by atoms with Crippen molar-refractivity contribution in [2.45, 2.75) is 96.4 Å². The fraction of sp³-hybridized carbons (Fsp3) is 0.636. The summed E-state index contributed by atoms with van der Waals surface area (Å²) in [5.74, 6) is -1.11. The number of nitrogen functional groups attached to an aromatic ring is 1. The second-order valence-electron chi connectivity index (χ2n) is 14.2. The molecule has 2 aromatic rings. The summed E-state index contributed by atoms with van der Waals surface area (Å²) in [6, 6.07) is 0. The van der Waals surface area contributed by atoms with Crippen LogP contribution in [0.1, 0.15) is 71.9 Å². The lowest BCUT2D eigenvalue weighted by molar-refractivity contribution is -0.137. The summed E-state index contributed by atoms with van der Waals surface area (Å²) < 4.78 is 62.2. The Labute approximate surface area is 355 Å². The number of imidazole rings is 1. The van der Waals surface area contributed by atoms with Crippen LogP contribution in [0.15, 0.2) is 37.0 Å². The highest BCUT2D eigenvalue weighted by molar-refractivity contribution is 8.13. The van der Waals surface area contributed by atoms with Crippen LogP contribution in [-0.2, 0) is 50.7 Å². The second-order valence-corrected chi connectivity index (χ2v) is 19.6. The normalized spacial score (nSPS) is 21.1. The molecule has 1 aliphatic heterocycles. The molecule has 0 radical (unpaired) electrons. The third kappa shape index (κ3) is 18.0. The van der Waals surface area contributed by atoms with Crippen molar-refractivity contribution in [2.75, 3.05) is 37.8 Å². The number of rotatable bonds is 27. The molecule has 10 N–H and O–H groups in total. The Morgan fingerprint density at radius 1 is 1.02 bits per heavy atom. The van der Waals surface area contributed by atoms with Crippen LogP contribution >= 0.6 is 35.2 Å². The first kappa shape index (κ1) is 52.4. The van der Waals surface area contributed by atoms with Gasteiger partial charge in [-0.25, -0.2) is 28.6 Å². The minimum atomic E-state index is -5.57. The van der Waals surface area contributed by atoms with Crippen molar-refractivity contribution in [2.24, 2.45) is 5.41 Å². The number of nitrogens with zero attached hydrogens (tertiary/aromatic N) is 4. The smallest absolute Gasteiger partial charge is 0.386 e. The van der Waals surface area contributed by atoms with Gasteiger partial charge in [0.15, 0.2) is 22.8 Å². The predicted molar refractivity (Wildman–Crippen MR) is 219 cm³/mol. The van der Waals surface area contributed by atoms with Gasteiger partial charge in [-0.05, 0) is 19.3 Å². The lowest BCUT2D eigenvalue weighted by Crippen LogP contribution is -2.46. The van der Waals surface area contributed by atoms with Crippen molar-refractivity contribution < 1.29 is 80.5 Å². The van der Waals surface area contributed by atoms with Crippen molar-refractivity contribution in [1.82, 2.24) is 30.2 Å². The number of hydrogen-bond donors (Lipinski definition) is 9. The third-order valence-electron chi connectivity index (χ3n) is 8.63. The summed E-state index contributed by atoms with van der Waals surface area (Å²) in [5, 5.41) is 26.4. The molecule has 3 rings (SSSR count). The Hall–Kier alpha value is -2.96. The van der Waals surface area contributed by atoms with Gasteiger partial charge in [0.25, 0.3) is 0 Å². The third-order valence-corrected chi connectivity index (χ3v) is 12.6. The summed E-state index contributed by atoms with van der Waals surface area (Å²) in [6.45, 7) is 2.65. The molecule has 2 amide bonds. The molecule has 28 heteroatoms. The average molecular weight is 946 g/mol. The number of thioether (sulfide) groups is 1. The lowest BCUT2D eigenvalue weighted by atomic mass is 9.87. The Kier molecular flexibility index (Phi) is 20.8. The number of nitrogens with one attached hydrogen (secondary N) is 2. The maximum Gasteiger partial charge on any atom is 0.481 e. The number of anilines is 1. The van der Waals surface area contributed by atoms with E-state index in [2.05, 4.69) is 53.5 Å². The summed E-state index contributed by atoms with van der Waals surface area (Å²) >= 11 is 1.08. The van der Waals surface area contributed by atoms with Crippen molar-refractivity contribution in [3.8, 4) is 0 Å². The van der Waals surface area contributed by atoms with Crippen LogP contribution in [0, 0.1) is 5.41 Å². The number of aromatic nitrogens is 4. The van der Waals surface area contributed by atoms with Gasteiger partial charge in [-0.3, -0.25) is 32.5 Å². The summed E-state index contributed by atoms with van der Waals surface area (Å²) in [6.07, 6.45) is 6.62. The second kappa shape index (κ2) is 24.2. The van der Waals surface area contributed by atoms with Crippen LogP contribution in [0.2, 0.25) is 0 Å². The fourth-order valence-electron chi connectivity index (χ4n) is 5.43. The SMILES string of the molecule is CCCCCC=CCC=CCC(=O)SCCNC(=O)CCNC(=O)C(O)C(C)(C)COP(=O)(O)OP(=O)(O)OC[C@H]1O[C@@H](n2cnc3c(N)ncnc32)[C@H](O)[C@@H]1OP(=O)(O)O. The van der Waals surface area contributed by atoms with Crippen molar-refractivity contribution in [1.29, 1.82) is 0 Å². The molecule has 7 atom stereocenters. The molecule has 1 fully saturated rings. The van der Waals surface area contributed by atoms with Crippen LogP contribution in [0.5, 0.6) is 0 Å². The first-order chi connectivity index (χ1) is 28.6. The zero-order valence-electron chi connectivity index (χ0n) is 33.6. The lowest BCUT2D eigenvalue weighted by Gasteiger charge is -2.30. The first-order valence-electron chi connectivity index (χ1n) is 18.9. The molecule has 3 heterocycles. The van der Waals surface area contributed by atoms with Gasteiger partial charge >= 0.3 is 23.5 Å². The van der Waals surface area contributed by atoms with E-state index in [4.69, 9.17) is 19.5 Å². The van der Waals surface area contributed by atoms with Crippen LogP contribution in [0.3, 0.4) is 0 Å². The van der Waals surface area contributed by atoms with Crippen LogP contribution in [0.4, 0.5) is 5.82 Å². The van der Waals surface area contributed by atoms with Crippen LogP contribution in [0.25, 0.3) is 11.2 Å². The van der Waals surface area contributed by atoms with Crippen molar-refractivity contribution in [3.63, 3.8) is 0 Å². The van der Waals surface area contributed by atoms with E-state index < -0.39 is 84.6 Å². The van der Waals surface area contributed by atoms with Gasteiger partial charge in [-0.15, -0.1) is 0 Å². The number of carbonyl (C=O) groups excluding carboxylic acids is 3. The number of nitrogens with two attached hydrogens (primary N) is 1. The van der Waals surface area contributed by atoms with Gasteiger partial charge in [0.2, 0.25) is 11.8 Å². The Morgan fingerprint density at radius 3 is 2.43 bits per heavy atom. The topological polar surface area (TPSA) is 364 Å². The number of allylic oxidation sites excluding steroid dienone is 4. The Morgan fingerprint density at radius 2 is 1.72 bits per heavy atom. The zero-order chi connectivity index (χ0) is 45.4. The van der Waals surface area contributed by atoms with E-state index in [9.17, 15) is 57.9 Å². The molecule has 1 saturated heterocycles. The van der Waals surface area contributed by atoms with Gasteiger partial charge in [0.05, 0.1) is 19.5 Å². The van der Waals surface area contributed by atoms with Crippen LogP contribution < -0.4 is 16.4 Å². The highest BCUT2D eigenvalue weighted by Gasteiger charge is 2.50. The van der Waals surface area contributed by atoms with E-state index >= 15 is 0 Å². The Balaban J connectivity index is 1.40. The minimum absolute atomic E-state index is 0.0306. The van der Waals surface area contributed by atoms with E-state index in [0.717, 1.165) is 48.2 Å². The highest BCUT2D eigenvalue weighted by Crippen LogP contribution is 2.61. The van der Waals surface area contributed by atoms with Gasteiger partial charge in [-0.2, -0.15) is 4.31 Å². The van der Waals surface area contributed by atoms with E-state index in [-0.39, 0.29) is 48.0 Å². The monoisotopic (exact) mass is 945 g/mol. The first-order valence-corrected chi connectivity index (χ1v) is 24.4.